The van der Waals surface area contributed by atoms with E-state index < -0.39 is 11.9 Å². The number of esters is 2. The molecule has 0 spiro atoms. The highest BCUT2D eigenvalue weighted by Crippen LogP contribution is 2.25. The number of benzene rings is 2. The molecule has 2 aromatic rings. The van der Waals surface area contributed by atoms with Crippen LogP contribution >= 0.6 is 15.9 Å². The predicted octanol–water partition coefficient (Wildman–Crippen LogP) is 3.48. The van der Waals surface area contributed by atoms with Crippen LogP contribution in [0.4, 0.5) is 0 Å². The Labute approximate surface area is 153 Å². The van der Waals surface area contributed by atoms with Crippen molar-refractivity contribution in [3.8, 4) is 11.5 Å². The molecular formula is C18H17BrO6. The fraction of sp³-hybridized carbons (Fsp3) is 0.222. The van der Waals surface area contributed by atoms with Crippen molar-refractivity contribution < 1.29 is 28.5 Å². The third-order valence-electron chi connectivity index (χ3n) is 3.20. The smallest absolute Gasteiger partial charge is 0.343 e. The number of hydrogen-bond acceptors (Lipinski definition) is 6. The van der Waals surface area contributed by atoms with E-state index in [-0.39, 0.29) is 11.3 Å². The van der Waals surface area contributed by atoms with E-state index in [1.165, 1.54) is 19.2 Å². The predicted molar refractivity (Wildman–Crippen MR) is 94.3 cm³/mol. The van der Waals surface area contributed by atoms with E-state index in [1.54, 1.807) is 37.4 Å². The first-order valence-corrected chi connectivity index (χ1v) is 8.16. The number of ether oxygens (including phenoxy) is 4. The maximum absolute atomic E-state index is 12.3. The quantitative estimate of drug-likeness (QED) is 0.396. The first-order valence-electron chi connectivity index (χ1n) is 7.37. The second-order valence-electron chi connectivity index (χ2n) is 4.89. The van der Waals surface area contributed by atoms with Crippen LogP contribution in [0.25, 0.3) is 0 Å². The summed E-state index contributed by atoms with van der Waals surface area (Å²) in [6, 6.07) is 11.2. The average Bonchev–Trinajstić information content (AvgIpc) is 2.63. The molecule has 0 aliphatic carbocycles. The fourth-order valence-corrected chi connectivity index (χ4v) is 2.31. The summed E-state index contributed by atoms with van der Waals surface area (Å²) in [6.07, 6.45) is 0. The summed E-state index contributed by atoms with van der Waals surface area (Å²) in [5.41, 5.74) is 0.488. The summed E-state index contributed by atoms with van der Waals surface area (Å²) in [5.74, 6) is -0.435. The molecule has 132 valence electrons. The molecule has 0 atom stereocenters. The summed E-state index contributed by atoms with van der Waals surface area (Å²) < 4.78 is 21.0. The Kier molecular flexibility index (Phi) is 6.97. The van der Waals surface area contributed by atoms with Gasteiger partial charge in [0.05, 0.1) is 19.3 Å². The molecule has 0 fully saturated rings. The number of methoxy groups -OCH3 is 2. The van der Waals surface area contributed by atoms with Crippen LogP contribution in [0.1, 0.15) is 20.7 Å². The molecular weight excluding hydrogens is 392 g/mol. The van der Waals surface area contributed by atoms with Gasteiger partial charge in [0.1, 0.15) is 23.7 Å². The van der Waals surface area contributed by atoms with Crippen LogP contribution in [0.5, 0.6) is 11.5 Å². The molecule has 0 aliphatic rings. The molecule has 0 aliphatic heterocycles. The standard InChI is InChI=1S/C18H17BrO6/c1-22-9-10-24-14-6-3-12(4-7-14)17(20)25-16-8-5-13(19)11-15(16)18(21)23-2/h3-8,11H,9-10H2,1-2H3. The number of hydrogen-bond donors (Lipinski definition) is 0. The van der Waals surface area contributed by atoms with Gasteiger partial charge in [-0.3, -0.25) is 0 Å². The number of carbonyl (C=O) groups is 2. The van der Waals surface area contributed by atoms with Crippen LogP contribution in [-0.4, -0.2) is 39.4 Å². The van der Waals surface area contributed by atoms with Crippen molar-refractivity contribution in [2.45, 2.75) is 0 Å². The molecule has 0 saturated heterocycles. The zero-order valence-corrected chi connectivity index (χ0v) is 15.4. The lowest BCUT2D eigenvalue weighted by atomic mass is 10.2. The molecule has 0 unspecified atom stereocenters. The first-order chi connectivity index (χ1) is 12.0. The van der Waals surface area contributed by atoms with E-state index in [1.807, 2.05) is 0 Å². The van der Waals surface area contributed by atoms with Crippen LogP contribution in [0, 0.1) is 0 Å². The van der Waals surface area contributed by atoms with Gasteiger partial charge in [0.15, 0.2) is 0 Å². The van der Waals surface area contributed by atoms with Crippen LogP contribution in [0.3, 0.4) is 0 Å². The van der Waals surface area contributed by atoms with Crippen LogP contribution in [0.2, 0.25) is 0 Å². The van der Waals surface area contributed by atoms with Gasteiger partial charge in [0.25, 0.3) is 0 Å². The minimum atomic E-state index is -0.592. The van der Waals surface area contributed by atoms with Gasteiger partial charge in [-0.2, -0.15) is 0 Å². The minimum absolute atomic E-state index is 0.125. The van der Waals surface area contributed by atoms with E-state index in [0.29, 0.717) is 29.0 Å². The zero-order valence-electron chi connectivity index (χ0n) is 13.8. The summed E-state index contributed by atoms with van der Waals surface area (Å²) in [4.78, 5) is 24.1. The number of rotatable bonds is 7. The normalized spacial score (nSPS) is 10.2. The summed E-state index contributed by atoms with van der Waals surface area (Å²) in [5, 5.41) is 0. The Bertz CT molecular complexity index is 742. The second-order valence-corrected chi connectivity index (χ2v) is 5.80. The molecule has 0 aromatic heterocycles. The van der Waals surface area contributed by atoms with Crippen molar-refractivity contribution in [2.24, 2.45) is 0 Å². The van der Waals surface area contributed by atoms with Crippen LogP contribution < -0.4 is 9.47 Å². The van der Waals surface area contributed by atoms with Gasteiger partial charge >= 0.3 is 11.9 Å². The molecule has 25 heavy (non-hydrogen) atoms. The molecule has 0 amide bonds. The average molecular weight is 409 g/mol. The van der Waals surface area contributed by atoms with Crippen molar-refractivity contribution in [3.63, 3.8) is 0 Å². The molecule has 7 heteroatoms. The van der Waals surface area contributed by atoms with Crippen molar-refractivity contribution >= 4 is 27.9 Å². The highest BCUT2D eigenvalue weighted by Gasteiger charge is 2.17. The Morgan fingerprint density at radius 1 is 0.960 bits per heavy atom. The van der Waals surface area contributed by atoms with Gasteiger partial charge in [0, 0.05) is 11.6 Å². The maximum Gasteiger partial charge on any atom is 0.343 e. The largest absolute Gasteiger partial charge is 0.491 e. The third-order valence-corrected chi connectivity index (χ3v) is 3.69. The molecule has 0 heterocycles. The molecule has 0 saturated carbocycles. The lowest BCUT2D eigenvalue weighted by molar-refractivity contribution is 0.0593. The highest BCUT2D eigenvalue weighted by molar-refractivity contribution is 9.10. The molecule has 0 bridgehead atoms. The lowest BCUT2D eigenvalue weighted by Gasteiger charge is -2.10. The molecule has 6 nitrogen and oxygen atoms in total. The number of halogens is 1. The van der Waals surface area contributed by atoms with E-state index >= 15 is 0 Å². The van der Waals surface area contributed by atoms with Gasteiger partial charge in [-0.15, -0.1) is 0 Å². The van der Waals surface area contributed by atoms with E-state index in [2.05, 4.69) is 15.9 Å². The van der Waals surface area contributed by atoms with Crippen LogP contribution in [-0.2, 0) is 9.47 Å². The van der Waals surface area contributed by atoms with E-state index in [0.717, 1.165) is 0 Å². The maximum atomic E-state index is 12.3. The third kappa shape index (κ3) is 5.30. The lowest BCUT2D eigenvalue weighted by Crippen LogP contribution is -2.12. The highest BCUT2D eigenvalue weighted by atomic mass is 79.9. The zero-order chi connectivity index (χ0) is 18.2. The van der Waals surface area contributed by atoms with Gasteiger partial charge in [0.2, 0.25) is 0 Å². The molecule has 0 N–H and O–H groups in total. The SMILES string of the molecule is COCCOc1ccc(C(=O)Oc2ccc(Br)cc2C(=O)OC)cc1. The van der Waals surface area contributed by atoms with Crippen molar-refractivity contribution in [3.05, 3.63) is 58.1 Å². The topological polar surface area (TPSA) is 71.1 Å². The first kappa shape index (κ1) is 19.0. The Morgan fingerprint density at radius 2 is 1.68 bits per heavy atom. The number of carbonyl (C=O) groups excluding carboxylic acids is 2. The monoisotopic (exact) mass is 408 g/mol. The van der Waals surface area contributed by atoms with Crippen molar-refractivity contribution in [1.82, 2.24) is 0 Å². The Hall–Kier alpha value is -2.38. The minimum Gasteiger partial charge on any atom is -0.491 e. The van der Waals surface area contributed by atoms with Gasteiger partial charge in [-0.25, -0.2) is 9.59 Å². The molecule has 2 rings (SSSR count). The summed E-state index contributed by atoms with van der Waals surface area (Å²) in [6.45, 7) is 0.894. The molecule has 2 aromatic carbocycles. The Balaban J connectivity index is 2.10. The fourth-order valence-electron chi connectivity index (χ4n) is 1.95. The second kappa shape index (κ2) is 9.19. The van der Waals surface area contributed by atoms with Crippen LogP contribution in [0.15, 0.2) is 46.9 Å². The van der Waals surface area contributed by atoms with E-state index in [9.17, 15) is 9.59 Å². The Morgan fingerprint density at radius 3 is 2.32 bits per heavy atom. The van der Waals surface area contributed by atoms with Gasteiger partial charge in [-0.1, -0.05) is 15.9 Å². The summed E-state index contributed by atoms with van der Waals surface area (Å²) >= 11 is 3.27. The van der Waals surface area contributed by atoms with Gasteiger partial charge in [-0.05, 0) is 42.5 Å². The summed E-state index contributed by atoms with van der Waals surface area (Å²) in [7, 11) is 2.85. The van der Waals surface area contributed by atoms with Gasteiger partial charge < -0.3 is 18.9 Å². The van der Waals surface area contributed by atoms with E-state index in [4.69, 9.17) is 18.9 Å². The van der Waals surface area contributed by atoms with Crippen molar-refractivity contribution in [1.29, 1.82) is 0 Å². The van der Waals surface area contributed by atoms with Crippen molar-refractivity contribution in [2.75, 3.05) is 27.4 Å². The molecule has 0 radical (unpaired) electrons.